The number of rotatable bonds is 0. The quantitative estimate of drug-likeness (QED) is 0.503. The van der Waals surface area contributed by atoms with Crippen LogP contribution in [0.3, 0.4) is 0 Å². The molecule has 0 unspecified atom stereocenters. The summed E-state index contributed by atoms with van der Waals surface area (Å²) in [5.41, 5.74) is -0.0880. The highest BCUT2D eigenvalue weighted by molar-refractivity contribution is 5.26. The Bertz CT molecular complexity index is 305. The Balaban J connectivity index is 2.70. The standard InChI is InChI=1S/C5H6N4O/c10-4-3-7-8-5-6-1-2-9(4)5/h3H,1-2H2,(H,6,8). The fourth-order valence-electron chi connectivity index (χ4n) is 0.987. The molecule has 0 fully saturated rings. The van der Waals surface area contributed by atoms with Gasteiger partial charge in [0.05, 0.1) is 0 Å². The van der Waals surface area contributed by atoms with Crippen LogP contribution in [0.25, 0.3) is 0 Å². The van der Waals surface area contributed by atoms with Crippen LogP contribution in [-0.2, 0) is 6.54 Å². The summed E-state index contributed by atoms with van der Waals surface area (Å²) in [4.78, 5) is 10.9. The first-order chi connectivity index (χ1) is 4.88. The first-order valence-corrected chi connectivity index (χ1v) is 3.04. The van der Waals surface area contributed by atoms with E-state index in [4.69, 9.17) is 0 Å². The van der Waals surface area contributed by atoms with Gasteiger partial charge in [0.2, 0.25) is 5.95 Å². The van der Waals surface area contributed by atoms with Crippen LogP contribution in [-0.4, -0.2) is 21.3 Å². The van der Waals surface area contributed by atoms with Gasteiger partial charge in [-0.1, -0.05) is 0 Å². The molecule has 0 radical (unpaired) electrons. The second kappa shape index (κ2) is 1.80. The van der Waals surface area contributed by atoms with Crippen molar-refractivity contribution in [3.63, 3.8) is 0 Å². The topological polar surface area (TPSA) is 59.8 Å². The first kappa shape index (κ1) is 5.40. The zero-order chi connectivity index (χ0) is 6.97. The first-order valence-electron chi connectivity index (χ1n) is 3.04. The van der Waals surface area contributed by atoms with Gasteiger partial charge in [0, 0.05) is 13.1 Å². The summed E-state index contributed by atoms with van der Waals surface area (Å²) in [6.07, 6.45) is 1.22. The van der Waals surface area contributed by atoms with Crippen molar-refractivity contribution < 1.29 is 0 Å². The second-order valence-corrected chi connectivity index (χ2v) is 2.08. The number of nitrogens with zero attached hydrogens (tertiary/aromatic N) is 3. The van der Waals surface area contributed by atoms with Crippen LogP contribution < -0.4 is 10.9 Å². The minimum absolute atomic E-state index is 0.0880. The zero-order valence-electron chi connectivity index (χ0n) is 5.24. The summed E-state index contributed by atoms with van der Waals surface area (Å²) in [7, 11) is 0. The maximum Gasteiger partial charge on any atom is 0.273 e. The van der Waals surface area contributed by atoms with Gasteiger partial charge in [0.15, 0.2) is 0 Å². The van der Waals surface area contributed by atoms with Gasteiger partial charge < -0.3 is 5.32 Å². The van der Waals surface area contributed by atoms with Gasteiger partial charge in [-0.15, -0.1) is 10.2 Å². The molecular weight excluding hydrogens is 132 g/mol. The number of fused-ring (bicyclic) bond motifs is 1. The van der Waals surface area contributed by atoms with Gasteiger partial charge in [-0.25, -0.2) is 0 Å². The molecule has 0 bridgehead atoms. The molecule has 1 aliphatic heterocycles. The largest absolute Gasteiger partial charge is 0.352 e. The Kier molecular flexibility index (Phi) is 0.969. The molecule has 0 saturated heterocycles. The van der Waals surface area contributed by atoms with E-state index in [1.165, 1.54) is 6.20 Å². The number of hydrogen-bond acceptors (Lipinski definition) is 4. The van der Waals surface area contributed by atoms with Crippen LogP contribution in [0.15, 0.2) is 11.0 Å². The van der Waals surface area contributed by atoms with Crippen LogP contribution in [0.2, 0.25) is 0 Å². The summed E-state index contributed by atoms with van der Waals surface area (Å²) in [5, 5.41) is 10.2. The van der Waals surface area contributed by atoms with E-state index in [1.54, 1.807) is 4.57 Å². The minimum atomic E-state index is -0.0880. The van der Waals surface area contributed by atoms with Crippen LogP contribution in [0.1, 0.15) is 0 Å². The minimum Gasteiger partial charge on any atom is -0.352 e. The molecule has 52 valence electrons. The molecule has 1 aromatic heterocycles. The third kappa shape index (κ3) is 0.601. The monoisotopic (exact) mass is 138 g/mol. The van der Waals surface area contributed by atoms with E-state index in [9.17, 15) is 4.79 Å². The van der Waals surface area contributed by atoms with Gasteiger partial charge in [-0.3, -0.25) is 9.36 Å². The fourth-order valence-corrected chi connectivity index (χ4v) is 0.987. The molecule has 1 N–H and O–H groups in total. The summed E-state index contributed by atoms with van der Waals surface area (Å²) >= 11 is 0. The normalized spacial score (nSPS) is 14.4. The molecule has 0 amide bonds. The molecule has 5 heteroatoms. The van der Waals surface area contributed by atoms with Crippen molar-refractivity contribution in [2.75, 3.05) is 11.9 Å². The highest BCUT2D eigenvalue weighted by Gasteiger charge is 2.10. The van der Waals surface area contributed by atoms with Crippen molar-refractivity contribution in [3.05, 3.63) is 16.6 Å². The predicted octanol–water partition coefficient (Wildman–Crippen LogP) is -0.936. The van der Waals surface area contributed by atoms with Gasteiger partial charge in [0.25, 0.3) is 5.56 Å². The van der Waals surface area contributed by atoms with Crippen molar-refractivity contribution in [1.29, 1.82) is 0 Å². The Morgan fingerprint density at radius 1 is 1.70 bits per heavy atom. The van der Waals surface area contributed by atoms with Crippen LogP contribution >= 0.6 is 0 Å². The van der Waals surface area contributed by atoms with E-state index >= 15 is 0 Å². The molecule has 1 aliphatic rings. The van der Waals surface area contributed by atoms with Crippen LogP contribution in [0, 0.1) is 0 Å². The molecule has 10 heavy (non-hydrogen) atoms. The molecule has 2 rings (SSSR count). The van der Waals surface area contributed by atoms with Crippen molar-refractivity contribution >= 4 is 5.95 Å². The number of aromatic nitrogens is 3. The Hall–Kier alpha value is -1.39. The van der Waals surface area contributed by atoms with Gasteiger partial charge in [-0.05, 0) is 0 Å². The lowest BCUT2D eigenvalue weighted by Gasteiger charge is -1.94. The summed E-state index contributed by atoms with van der Waals surface area (Å²) in [6, 6.07) is 0. The van der Waals surface area contributed by atoms with Crippen LogP contribution in [0.4, 0.5) is 5.95 Å². The summed E-state index contributed by atoms with van der Waals surface area (Å²) in [5.74, 6) is 0.576. The molecule has 0 aromatic carbocycles. The highest BCUT2D eigenvalue weighted by atomic mass is 16.1. The zero-order valence-corrected chi connectivity index (χ0v) is 5.24. The maximum absolute atomic E-state index is 10.9. The van der Waals surface area contributed by atoms with E-state index < -0.39 is 0 Å². The number of nitrogens with one attached hydrogen (secondary N) is 1. The van der Waals surface area contributed by atoms with Crippen molar-refractivity contribution in [2.24, 2.45) is 0 Å². The Morgan fingerprint density at radius 2 is 2.60 bits per heavy atom. The van der Waals surface area contributed by atoms with E-state index in [-0.39, 0.29) is 5.56 Å². The molecule has 0 aliphatic carbocycles. The summed E-state index contributed by atoms with van der Waals surface area (Å²) < 4.78 is 1.56. The molecule has 5 nitrogen and oxygen atoms in total. The van der Waals surface area contributed by atoms with Crippen LogP contribution in [0.5, 0.6) is 0 Å². The second-order valence-electron chi connectivity index (χ2n) is 2.08. The van der Waals surface area contributed by atoms with Crippen molar-refractivity contribution in [2.45, 2.75) is 6.54 Å². The van der Waals surface area contributed by atoms with Gasteiger partial charge in [-0.2, -0.15) is 0 Å². The Labute approximate surface area is 56.7 Å². The molecule has 0 saturated carbocycles. The Morgan fingerprint density at radius 3 is 3.40 bits per heavy atom. The average Bonchev–Trinajstić information content (AvgIpc) is 2.36. The number of hydrogen-bond donors (Lipinski definition) is 1. The molecule has 0 spiro atoms. The van der Waals surface area contributed by atoms with E-state index in [0.717, 1.165) is 6.54 Å². The highest BCUT2D eigenvalue weighted by Crippen LogP contribution is 2.02. The maximum atomic E-state index is 10.9. The molecule has 0 atom stereocenters. The third-order valence-electron chi connectivity index (χ3n) is 1.46. The smallest absolute Gasteiger partial charge is 0.273 e. The molecule has 1 aromatic rings. The lowest BCUT2D eigenvalue weighted by Crippen LogP contribution is -2.18. The lowest BCUT2D eigenvalue weighted by molar-refractivity contribution is 0.739. The van der Waals surface area contributed by atoms with E-state index in [1.807, 2.05) is 0 Å². The molecule has 2 heterocycles. The third-order valence-corrected chi connectivity index (χ3v) is 1.46. The van der Waals surface area contributed by atoms with E-state index in [2.05, 4.69) is 15.5 Å². The average molecular weight is 138 g/mol. The SMILES string of the molecule is O=c1cnnc2n1CCN2. The predicted molar refractivity (Wildman–Crippen MR) is 34.8 cm³/mol. The fraction of sp³-hybridized carbons (Fsp3) is 0.400. The van der Waals surface area contributed by atoms with Crippen molar-refractivity contribution in [1.82, 2.24) is 14.8 Å². The number of anilines is 1. The lowest BCUT2D eigenvalue weighted by atomic mass is 10.6. The van der Waals surface area contributed by atoms with Gasteiger partial charge >= 0.3 is 0 Å². The van der Waals surface area contributed by atoms with E-state index in [0.29, 0.717) is 12.5 Å². The molecular formula is C5H6N4O. The van der Waals surface area contributed by atoms with Gasteiger partial charge in [0.1, 0.15) is 6.20 Å². The van der Waals surface area contributed by atoms with Crippen molar-refractivity contribution in [3.8, 4) is 0 Å². The summed E-state index contributed by atoms with van der Waals surface area (Å²) in [6.45, 7) is 1.47.